The average molecular weight is 329 g/mol. The van der Waals surface area contributed by atoms with Crippen LogP contribution in [0.5, 0.6) is 0 Å². The maximum atomic E-state index is 13.9. The number of nitrogens with one attached hydrogen (secondary N) is 1. The molecule has 3 nitrogen and oxygen atoms in total. The fourth-order valence-corrected chi connectivity index (χ4v) is 2.90. The minimum atomic E-state index is -0.754. The quantitative estimate of drug-likeness (QED) is 0.892. The van der Waals surface area contributed by atoms with Gasteiger partial charge >= 0.3 is 0 Å². The topological polar surface area (TPSA) is 55.1 Å². The monoisotopic (exact) mass is 328 g/mol. The minimum absolute atomic E-state index is 0.245. The normalized spacial score (nSPS) is 18.2. The Kier molecular flexibility index (Phi) is 4.93. The van der Waals surface area contributed by atoms with E-state index in [9.17, 15) is 9.18 Å². The number of rotatable bonds is 4. The van der Waals surface area contributed by atoms with Gasteiger partial charge in [-0.05, 0) is 25.0 Å². The Morgan fingerprint density at radius 3 is 2.63 bits per heavy atom. The molecule has 2 rings (SSSR count). The molecule has 1 aliphatic rings. The summed E-state index contributed by atoms with van der Waals surface area (Å²) in [5, 5.41) is 3.20. The molecule has 1 amide bonds. The first-order valence-corrected chi connectivity index (χ1v) is 7.37. The molecule has 1 aromatic rings. The summed E-state index contributed by atoms with van der Waals surface area (Å²) < 4.78 is 14.6. The number of amides is 1. The first-order valence-electron chi connectivity index (χ1n) is 6.58. The molecule has 1 fully saturated rings. The van der Waals surface area contributed by atoms with Gasteiger partial charge in [0, 0.05) is 16.1 Å². The number of hydrogen-bond acceptors (Lipinski definition) is 2. The third kappa shape index (κ3) is 3.76. The number of hydrogen-bond donors (Lipinski definition) is 2. The minimum Gasteiger partial charge on any atom is -0.368 e. The molecule has 104 valence electrons. The third-order valence-electron chi connectivity index (χ3n) is 3.57. The van der Waals surface area contributed by atoms with Crippen molar-refractivity contribution in [1.29, 1.82) is 0 Å². The van der Waals surface area contributed by atoms with Gasteiger partial charge in [-0.3, -0.25) is 10.1 Å². The summed E-state index contributed by atoms with van der Waals surface area (Å²) in [6, 6.07) is 4.17. The molecule has 0 bridgehead atoms. The number of halogens is 2. The number of benzene rings is 1. The van der Waals surface area contributed by atoms with Gasteiger partial charge in [0.25, 0.3) is 0 Å². The zero-order valence-corrected chi connectivity index (χ0v) is 12.2. The molecule has 0 spiro atoms. The van der Waals surface area contributed by atoms with E-state index in [1.807, 2.05) is 0 Å². The molecule has 3 N–H and O–H groups in total. The summed E-state index contributed by atoms with van der Waals surface area (Å²) in [6.07, 6.45) is 5.55. The van der Waals surface area contributed by atoms with E-state index in [4.69, 9.17) is 5.73 Å². The molecule has 1 atom stereocenters. The summed E-state index contributed by atoms with van der Waals surface area (Å²) in [5.74, 6) is -0.951. The van der Waals surface area contributed by atoms with Crippen molar-refractivity contribution >= 4 is 21.8 Å². The Balaban J connectivity index is 2.17. The lowest BCUT2D eigenvalue weighted by Gasteiger charge is -2.27. The van der Waals surface area contributed by atoms with Crippen molar-refractivity contribution in [1.82, 2.24) is 5.32 Å². The summed E-state index contributed by atoms with van der Waals surface area (Å²) in [6.45, 7) is 0. The fraction of sp³-hybridized carbons (Fsp3) is 0.500. The standard InChI is InChI=1S/C14H18BrFN2O/c15-9-6-7-11(12(16)8-9)13(14(17)19)18-10-4-2-1-3-5-10/h6-8,10,13,18H,1-5H2,(H2,17,19). The van der Waals surface area contributed by atoms with E-state index in [0.717, 1.165) is 25.7 Å². The van der Waals surface area contributed by atoms with E-state index in [2.05, 4.69) is 21.2 Å². The highest BCUT2D eigenvalue weighted by atomic mass is 79.9. The van der Waals surface area contributed by atoms with Gasteiger partial charge in [0.2, 0.25) is 5.91 Å². The molecule has 0 radical (unpaired) electrons. The van der Waals surface area contributed by atoms with Gasteiger partial charge in [-0.25, -0.2) is 4.39 Å². The molecule has 1 unspecified atom stereocenters. The van der Waals surface area contributed by atoms with E-state index >= 15 is 0 Å². The Morgan fingerprint density at radius 2 is 2.05 bits per heavy atom. The first-order chi connectivity index (χ1) is 9.08. The third-order valence-corrected chi connectivity index (χ3v) is 4.06. The van der Waals surface area contributed by atoms with Crippen LogP contribution in [0.2, 0.25) is 0 Å². The largest absolute Gasteiger partial charge is 0.368 e. The number of primary amides is 1. The van der Waals surface area contributed by atoms with Crippen molar-refractivity contribution in [3.05, 3.63) is 34.1 Å². The second kappa shape index (κ2) is 6.48. The molecule has 1 saturated carbocycles. The molecular formula is C14H18BrFN2O. The van der Waals surface area contributed by atoms with Gasteiger partial charge in [-0.1, -0.05) is 41.3 Å². The molecule has 1 aromatic carbocycles. The van der Waals surface area contributed by atoms with Gasteiger partial charge in [-0.2, -0.15) is 0 Å². The smallest absolute Gasteiger partial charge is 0.239 e. The van der Waals surface area contributed by atoms with Crippen molar-refractivity contribution in [2.24, 2.45) is 5.73 Å². The van der Waals surface area contributed by atoms with Gasteiger partial charge < -0.3 is 5.73 Å². The molecule has 1 aliphatic carbocycles. The Hall–Kier alpha value is -0.940. The molecule has 0 saturated heterocycles. The summed E-state index contributed by atoms with van der Waals surface area (Å²) in [7, 11) is 0. The highest BCUT2D eigenvalue weighted by Crippen LogP contribution is 2.24. The average Bonchev–Trinajstić information content (AvgIpc) is 2.38. The van der Waals surface area contributed by atoms with Crippen LogP contribution in [-0.4, -0.2) is 11.9 Å². The Bertz CT molecular complexity index is 461. The first kappa shape index (κ1) is 14.5. The second-order valence-electron chi connectivity index (χ2n) is 5.00. The Labute approximate surface area is 120 Å². The van der Waals surface area contributed by atoms with Crippen molar-refractivity contribution < 1.29 is 9.18 Å². The molecule has 0 aliphatic heterocycles. The van der Waals surface area contributed by atoms with E-state index in [-0.39, 0.29) is 6.04 Å². The fourth-order valence-electron chi connectivity index (χ4n) is 2.57. The Morgan fingerprint density at radius 1 is 1.37 bits per heavy atom. The van der Waals surface area contributed by atoms with Crippen LogP contribution in [0.3, 0.4) is 0 Å². The van der Waals surface area contributed by atoms with Crippen LogP contribution in [0, 0.1) is 5.82 Å². The maximum Gasteiger partial charge on any atom is 0.239 e. The predicted octanol–water partition coefficient (Wildman–Crippen LogP) is 3.04. The van der Waals surface area contributed by atoms with Gasteiger partial charge in [0.1, 0.15) is 11.9 Å². The summed E-state index contributed by atoms with van der Waals surface area (Å²) in [5.41, 5.74) is 5.73. The zero-order valence-electron chi connectivity index (χ0n) is 10.7. The van der Waals surface area contributed by atoms with Crippen molar-refractivity contribution in [3.63, 3.8) is 0 Å². The van der Waals surface area contributed by atoms with Gasteiger partial charge in [0.05, 0.1) is 0 Å². The molecule has 0 aromatic heterocycles. The molecular weight excluding hydrogens is 311 g/mol. The van der Waals surface area contributed by atoms with Crippen molar-refractivity contribution in [2.75, 3.05) is 0 Å². The molecule has 0 heterocycles. The van der Waals surface area contributed by atoms with Crippen molar-refractivity contribution in [2.45, 2.75) is 44.2 Å². The van der Waals surface area contributed by atoms with E-state index < -0.39 is 17.8 Å². The van der Waals surface area contributed by atoms with Gasteiger partial charge in [0.15, 0.2) is 0 Å². The van der Waals surface area contributed by atoms with Crippen LogP contribution in [-0.2, 0) is 4.79 Å². The molecule has 19 heavy (non-hydrogen) atoms. The maximum absolute atomic E-state index is 13.9. The van der Waals surface area contributed by atoms with E-state index in [0.29, 0.717) is 10.0 Å². The van der Waals surface area contributed by atoms with E-state index in [1.165, 1.54) is 12.5 Å². The summed E-state index contributed by atoms with van der Waals surface area (Å²) in [4.78, 5) is 11.6. The second-order valence-corrected chi connectivity index (χ2v) is 5.92. The van der Waals surface area contributed by atoms with Crippen LogP contribution < -0.4 is 11.1 Å². The van der Waals surface area contributed by atoms with Crippen molar-refractivity contribution in [3.8, 4) is 0 Å². The predicted molar refractivity (Wildman–Crippen MR) is 76.0 cm³/mol. The highest BCUT2D eigenvalue weighted by Gasteiger charge is 2.25. The SMILES string of the molecule is NC(=O)C(NC1CCCCC1)c1ccc(Br)cc1F. The lowest BCUT2D eigenvalue weighted by Crippen LogP contribution is -2.41. The number of carbonyl (C=O) groups is 1. The number of nitrogens with two attached hydrogens (primary N) is 1. The highest BCUT2D eigenvalue weighted by molar-refractivity contribution is 9.10. The lowest BCUT2D eigenvalue weighted by molar-refractivity contribution is -0.120. The molecule has 5 heteroatoms. The van der Waals surface area contributed by atoms with E-state index in [1.54, 1.807) is 12.1 Å². The van der Waals surface area contributed by atoms with Crippen LogP contribution in [0.15, 0.2) is 22.7 Å². The van der Waals surface area contributed by atoms with Crippen LogP contribution in [0.4, 0.5) is 4.39 Å². The lowest BCUT2D eigenvalue weighted by atomic mass is 9.93. The van der Waals surface area contributed by atoms with Crippen LogP contribution >= 0.6 is 15.9 Å². The van der Waals surface area contributed by atoms with Crippen LogP contribution in [0.1, 0.15) is 43.7 Å². The summed E-state index contributed by atoms with van der Waals surface area (Å²) >= 11 is 3.20. The van der Waals surface area contributed by atoms with Gasteiger partial charge in [-0.15, -0.1) is 0 Å². The zero-order chi connectivity index (χ0) is 13.8. The van der Waals surface area contributed by atoms with Crippen LogP contribution in [0.25, 0.3) is 0 Å². The number of carbonyl (C=O) groups excluding carboxylic acids is 1.